The van der Waals surface area contributed by atoms with Crippen LogP contribution >= 0.6 is 0 Å². The van der Waals surface area contributed by atoms with Crippen LogP contribution in [-0.2, 0) is 9.59 Å². The zero-order valence-electron chi connectivity index (χ0n) is 20.9. The minimum atomic E-state index is -0.251. The highest BCUT2D eigenvalue weighted by Crippen LogP contribution is 2.21. The van der Waals surface area contributed by atoms with Crippen molar-refractivity contribution in [3.8, 4) is 22.9 Å². The van der Waals surface area contributed by atoms with E-state index in [0.717, 1.165) is 37.7 Å². The highest BCUT2D eigenvalue weighted by molar-refractivity contribution is 5.73. The van der Waals surface area contributed by atoms with Crippen molar-refractivity contribution in [2.45, 2.75) is 104 Å². The first-order valence-corrected chi connectivity index (χ1v) is 13.0. The summed E-state index contributed by atoms with van der Waals surface area (Å²) < 4.78 is 10.8. The normalized spacial score (nSPS) is 10.8. The maximum Gasteiger partial charge on any atom is 0.311 e. The number of esters is 2. The van der Waals surface area contributed by atoms with Crippen molar-refractivity contribution in [3.63, 3.8) is 0 Å². The van der Waals surface area contributed by atoms with E-state index in [4.69, 9.17) is 9.47 Å². The minimum absolute atomic E-state index is 0.202. The number of ether oxygens (including phenoxy) is 2. The van der Waals surface area contributed by atoms with Gasteiger partial charge in [0.15, 0.2) is 11.6 Å². The van der Waals surface area contributed by atoms with Crippen molar-refractivity contribution in [1.29, 1.82) is 0 Å². The smallest absolute Gasteiger partial charge is 0.311 e. The van der Waals surface area contributed by atoms with E-state index >= 15 is 0 Å². The third-order valence-corrected chi connectivity index (χ3v) is 5.67. The van der Waals surface area contributed by atoms with E-state index < -0.39 is 0 Å². The molecule has 1 aromatic heterocycles. The van der Waals surface area contributed by atoms with Crippen LogP contribution in [0.2, 0.25) is 0 Å². The molecular weight excluding hydrogens is 428 g/mol. The number of hydrogen-bond donors (Lipinski definition) is 0. The zero-order valence-corrected chi connectivity index (χ0v) is 20.9. The van der Waals surface area contributed by atoms with E-state index in [0.29, 0.717) is 30.2 Å². The topological polar surface area (TPSA) is 78.4 Å². The average molecular weight is 469 g/mol. The number of rotatable bonds is 17. The van der Waals surface area contributed by atoms with E-state index in [1.54, 1.807) is 12.1 Å². The molecule has 0 fully saturated rings. The van der Waals surface area contributed by atoms with Gasteiger partial charge in [-0.3, -0.25) is 9.59 Å². The second kappa shape index (κ2) is 16.8. The van der Waals surface area contributed by atoms with E-state index in [-0.39, 0.29) is 11.9 Å². The van der Waals surface area contributed by atoms with E-state index in [2.05, 4.69) is 23.8 Å². The molecule has 0 N–H and O–H groups in total. The summed E-state index contributed by atoms with van der Waals surface area (Å²) in [5.74, 6) is 0.922. The van der Waals surface area contributed by atoms with Crippen LogP contribution in [0.5, 0.6) is 11.5 Å². The third kappa shape index (κ3) is 11.4. The molecule has 0 aliphatic carbocycles. The summed E-state index contributed by atoms with van der Waals surface area (Å²) in [7, 11) is 0. The van der Waals surface area contributed by atoms with Crippen molar-refractivity contribution in [2.24, 2.45) is 0 Å². The molecule has 0 unspecified atom stereocenters. The van der Waals surface area contributed by atoms with Crippen molar-refractivity contribution < 1.29 is 19.1 Å². The molecule has 1 aromatic carbocycles. The Morgan fingerprint density at radius 1 is 0.618 bits per heavy atom. The van der Waals surface area contributed by atoms with Crippen LogP contribution in [0, 0.1) is 0 Å². The van der Waals surface area contributed by atoms with Gasteiger partial charge >= 0.3 is 11.9 Å². The van der Waals surface area contributed by atoms with Gasteiger partial charge in [0.1, 0.15) is 5.75 Å². The fraction of sp³-hybridized carbons (Fsp3) is 0.571. The summed E-state index contributed by atoms with van der Waals surface area (Å²) in [5, 5.41) is 0. The van der Waals surface area contributed by atoms with Gasteiger partial charge in [0.05, 0.1) is 12.4 Å². The van der Waals surface area contributed by atoms with E-state index in [9.17, 15) is 9.59 Å². The number of carbonyl (C=O) groups excluding carboxylic acids is 2. The number of benzene rings is 1. The maximum atomic E-state index is 12.0. The predicted molar refractivity (Wildman–Crippen MR) is 135 cm³/mol. The molecule has 2 rings (SSSR count). The lowest BCUT2D eigenvalue weighted by Gasteiger charge is -2.07. The zero-order chi connectivity index (χ0) is 24.4. The Hall–Kier alpha value is -2.76. The Labute approximate surface area is 204 Å². The molecular formula is C28H40N2O4. The second-order valence-corrected chi connectivity index (χ2v) is 8.75. The van der Waals surface area contributed by atoms with Gasteiger partial charge in [-0.1, -0.05) is 78.1 Å². The molecule has 0 amide bonds. The summed E-state index contributed by atoms with van der Waals surface area (Å²) >= 11 is 0. The van der Waals surface area contributed by atoms with Gasteiger partial charge in [-0.15, -0.1) is 0 Å². The minimum Gasteiger partial charge on any atom is -0.427 e. The molecule has 0 aliphatic rings. The lowest BCUT2D eigenvalue weighted by atomic mass is 10.1. The highest BCUT2D eigenvalue weighted by atomic mass is 16.5. The Balaban J connectivity index is 1.72. The first-order valence-electron chi connectivity index (χ1n) is 13.0. The molecule has 34 heavy (non-hydrogen) atoms. The highest BCUT2D eigenvalue weighted by Gasteiger charge is 2.09. The fourth-order valence-electron chi connectivity index (χ4n) is 3.65. The molecule has 0 saturated carbocycles. The van der Waals surface area contributed by atoms with Crippen molar-refractivity contribution in [3.05, 3.63) is 36.7 Å². The monoisotopic (exact) mass is 468 g/mol. The van der Waals surface area contributed by atoms with Crippen molar-refractivity contribution >= 4 is 11.9 Å². The molecule has 6 nitrogen and oxygen atoms in total. The summed E-state index contributed by atoms with van der Waals surface area (Å²) in [6, 6.07) is 7.11. The standard InChI is InChI=1S/C28H40N2O4/c1-3-5-7-9-11-13-15-26(31)33-24-19-17-23(18-20-24)28-29-21-25(22-30-28)34-27(32)16-14-12-10-8-6-4-2/h17-22H,3-16H2,1-2H3. The molecule has 2 aromatic rings. The number of nitrogens with zero attached hydrogens (tertiary/aromatic N) is 2. The fourth-order valence-corrected chi connectivity index (χ4v) is 3.65. The third-order valence-electron chi connectivity index (χ3n) is 5.67. The van der Waals surface area contributed by atoms with Crippen LogP contribution in [0.25, 0.3) is 11.4 Å². The largest absolute Gasteiger partial charge is 0.427 e. The first kappa shape index (κ1) is 27.5. The summed E-state index contributed by atoms with van der Waals surface area (Å²) in [4.78, 5) is 32.6. The lowest BCUT2D eigenvalue weighted by Crippen LogP contribution is -2.08. The molecule has 0 aliphatic heterocycles. The predicted octanol–water partition coefficient (Wildman–Crippen LogP) is 7.46. The van der Waals surface area contributed by atoms with Gasteiger partial charge in [-0.05, 0) is 37.1 Å². The summed E-state index contributed by atoms with van der Waals surface area (Å²) in [5.41, 5.74) is 0.792. The molecule has 0 spiro atoms. The number of carbonyl (C=O) groups is 2. The SMILES string of the molecule is CCCCCCCCC(=O)Oc1ccc(-c2ncc(OC(=O)CCCCCCCC)cn2)cc1. The molecule has 0 radical (unpaired) electrons. The maximum absolute atomic E-state index is 12.0. The van der Waals surface area contributed by atoms with Gasteiger partial charge in [-0.25, -0.2) is 9.97 Å². The van der Waals surface area contributed by atoms with Gasteiger partial charge < -0.3 is 9.47 Å². The van der Waals surface area contributed by atoms with Gasteiger partial charge in [-0.2, -0.15) is 0 Å². The van der Waals surface area contributed by atoms with Crippen LogP contribution < -0.4 is 9.47 Å². The molecule has 6 heteroatoms. The van der Waals surface area contributed by atoms with Crippen molar-refractivity contribution in [1.82, 2.24) is 9.97 Å². The van der Waals surface area contributed by atoms with Crippen LogP contribution in [0.15, 0.2) is 36.7 Å². The lowest BCUT2D eigenvalue weighted by molar-refractivity contribution is -0.135. The van der Waals surface area contributed by atoms with Gasteiger partial charge in [0.25, 0.3) is 0 Å². The van der Waals surface area contributed by atoms with Crippen molar-refractivity contribution in [2.75, 3.05) is 0 Å². The Morgan fingerprint density at radius 2 is 1.06 bits per heavy atom. The second-order valence-electron chi connectivity index (χ2n) is 8.75. The Kier molecular flexibility index (Phi) is 13.6. The van der Waals surface area contributed by atoms with Crippen LogP contribution in [0.1, 0.15) is 104 Å². The first-order chi connectivity index (χ1) is 16.6. The van der Waals surface area contributed by atoms with E-state index in [1.165, 1.54) is 57.3 Å². The summed E-state index contributed by atoms with van der Waals surface area (Å²) in [6.07, 6.45) is 17.4. The molecule has 186 valence electrons. The van der Waals surface area contributed by atoms with Crippen LogP contribution in [0.3, 0.4) is 0 Å². The Bertz CT molecular complexity index is 763. The molecule has 0 bridgehead atoms. The van der Waals surface area contributed by atoms with E-state index in [1.807, 2.05) is 12.1 Å². The average Bonchev–Trinajstić information content (AvgIpc) is 2.84. The number of unbranched alkanes of at least 4 members (excludes halogenated alkanes) is 10. The van der Waals surface area contributed by atoms with Gasteiger partial charge in [0, 0.05) is 18.4 Å². The van der Waals surface area contributed by atoms with Crippen LogP contribution in [0.4, 0.5) is 0 Å². The molecule has 0 atom stereocenters. The molecule has 0 saturated heterocycles. The summed E-state index contributed by atoms with van der Waals surface area (Å²) in [6.45, 7) is 4.38. The molecule has 1 heterocycles. The number of aromatic nitrogens is 2. The van der Waals surface area contributed by atoms with Crippen LogP contribution in [-0.4, -0.2) is 21.9 Å². The Morgan fingerprint density at radius 3 is 1.56 bits per heavy atom. The van der Waals surface area contributed by atoms with Gasteiger partial charge in [0.2, 0.25) is 0 Å². The number of hydrogen-bond acceptors (Lipinski definition) is 6. The quantitative estimate of drug-likeness (QED) is 0.136.